The average molecular weight is 837 g/mol. The highest BCUT2D eigenvalue weighted by Crippen LogP contribution is 2.47. The first-order valence-electron chi connectivity index (χ1n) is 21.4. The molecule has 3 aromatic heterocycles. The summed E-state index contributed by atoms with van der Waals surface area (Å²) >= 11 is 1.90. The van der Waals surface area contributed by atoms with E-state index in [0.717, 1.165) is 60.9 Å². The van der Waals surface area contributed by atoms with Crippen molar-refractivity contribution in [3.8, 4) is 22.3 Å². The number of benzene rings is 10. The summed E-state index contributed by atoms with van der Waals surface area (Å²) in [6.07, 6.45) is 0. The van der Waals surface area contributed by atoms with Crippen LogP contribution in [0.15, 0.2) is 215 Å². The first kappa shape index (κ1) is 35.0. The van der Waals surface area contributed by atoms with Crippen molar-refractivity contribution in [2.45, 2.75) is 0 Å². The molecule has 0 amide bonds. The largest absolute Gasteiger partial charge is 0.456 e. The highest BCUT2D eigenvalue weighted by molar-refractivity contribution is 7.26. The maximum atomic E-state index is 6.43. The zero-order valence-electron chi connectivity index (χ0n) is 33.8. The van der Waals surface area contributed by atoms with Crippen LogP contribution in [-0.2, 0) is 0 Å². The maximum Gasteiger partial charge on any atom is 0.156 e. The summed E-state index contributed by atoms with van der Waals surface area (Å²) in [5.41, 5.74) is 11.8. The predicted molar refractivity (Wildman–Crippen MR) is 268 cm³/mol. The number of furan rings is 2. The summed E-state index contributed by atoms with van der Waals surface area (Å²) in [5.74, 6) is 0. The van der Waals surface area contributed by atoms with Crippen LogP contribution in [0.3, 0.4) is 0 Å². The van der Waals surface area contributed by atoms with Crippen molar-refractivity contribution in [1.29, 1.82) is 0 Å². The van der Waals surface area contributed by atoms with Crippen molar-refractivity contribution in [3.05, 3.63) is 206 Å². The zero-order chi connectivity index (χ0) is 41.2. The molecule has 14 rings (SSSR count). The fourth-order valence-electron chi connectivity index (χ4n) is 10.4. The standard InChI is InChI=1S/C58H34NO2SSi/c1-2-11-40(12-3-1)63-53-20-9-6-15-46(53)57-54(63)32-24-36-23-31-52-58(55(36)57)56-41(16-10-19-51(56)62-52)35-21-25-37(26-22-35)59(38-27-29-44-42-13-4-7-17-47(42)60-49(44)33-38)39-28-30-45-43-14-5-8-18-48(43)61-50(45)34-39/h1-34H. The number of hydrogen-bond donors (Lipinski definition) is 0. The van der Waals surface area contributed by atoms with Crippen LogP contribution in [0.2, 0.25) is 0 Å². The Hall–Kier alpha value is -7.70. The van der Waals surface area contributed by atoms with Crippen LogP contribution >= 0.6 is 11.3 Å². The molecule has 13 aromatic rings. The molecule has 0 unspecified atom stereocenters. The van der Waals surface area contributed by atoms with Crippen LogP contribution in [0.4, 0.5) is 17.1 Å². The Labute approximate surface area is 367 Å². The average Bonchev–Trinajstić information content (AvgIpc) is 4.10. The molecule has 0 atom stereocenters. The first-order chi connectivity index (χ1) is 31.2. The lowest BCUT2D eigenvalue weighted by Gasteiger charge is -2.25. The summed E-state index contributed by atoms with van der Waals surface area (Å²) in [7, 11) is -1.17. The van der Waals surface area contributed by atoms with E-state index in [1.165, 1.54) is 68.8 Å². The Bertz CT molecular complexity index is 3880. The third-order valence-electron chi connectivity index (χ3n) is 13.1. The van der Waals surface area contributed by atoms with Gasteiger partial charge in [-0.1, -0.05) is 139 Å². The molecule has 4 heterocycles. The second-order valence-electron chi connectivity index (χ2n) is 16.5. The molecule has 0 saturated heterocycles. The van der Waals surface area contributed by atoms with Crippen molar-refractivity contribution in [3.63, 3.8) is 0 Å². The SMILES string of the molecule is c1ccc([Si]2c3ccccc3-c3c2ccc2ccc4sc5cccc(-c6ccc(N(c7ccc8c(c7)oc7ccccc78)c7ccc8c(c7)oc7ccccc78)cc6)c5c4c32)cc1. The van der Waals surface area contributed by atoms with E-state index in [-0.39, 0.29) is 0 Å². The van der Waals surface area contributed by atoms with Gasteiger partial charge in [0, 0.05) is 70.9 Å². The van der Waals surface area contributed by atoms with Crippen LogP contribution in [0, 0.1) is 0 Å². The Balaban J connectivity index is 0.952. The summed E-state index contributed by atoms with van der Waals surface area (Å²) in [4.78, 5) is 2.31. The van der Waals surface area contributed by atoms with Crippen LogP contribution in [-0.4, -0.2) is 8.80 Å². The van der Waals surface area contributed by atoms with Crippen LogP contribution in [0.25, 0.3) is 97.1 Å². The molecule has 10 aromatic carbocycles. The normalized spacial score (nSPS) is 12.7. The molecule has 5 heteroatoms. The van der Waals surface area contributed by atoms with Crippen molar-refractivity contribution in [2.75, 3.05) is 4.90 Å². The van der Waals surface area contributed by atoms with Gasteiger partial charge >= 0.3 is 0 Å². The van der Waals surface area contributed by atoms with Gasteiger partial charge in [0.1, 0.15) is 22.3 Å². The van der Waals surface area contributed by atoms with Crippen molar-refractivity contribution in [2.24, 2.45) is 0 Å². The maximum absolute atomic E-state index is 6.43. The second kappa shape index (κ2) is 13.4. The van der Waals surface area contributed by atoms with Gasteiger partial charge in [-0.2, -0.15) is 0 Å². The number of rotatable bonds is 5. The fraction of sp³-hybridized carbons (Fsp3) is 0. The fourth-order valence-corrected chi connectivity index (χ4v) is 14.5. The molecule has 1 aliphatic heterocycles. The number of anilines is 3. The third kappa shape index (κ3) is 5.18. The van der Waals surface area contributed by atoms with E-state index >= 15 is 0 Å². The smallest absolute Gasteiger partial charge is 0.156 e. The van der Waals surface area contributed by atoms with Gasteiger partial charge in [0.15, 0.2) is 8.80 Å². The number of hydrogen-bond acceptors (Lipinski definition) is 4. The molecule has 1 radical (unpaired) electrons. The van der Waals surface area contributed by atoms with Gasteiger partial charge in [-0.15, -0.1) is 11.3 Å². The van der Waals surface area contributed by atoms with E-state index in [2.05, 4.69) is 187 Å². The second-order valence-corrected chi connectivity index (χ2v) is 20.0. The van der Waals surface area contributed by atoms with E-state index < -0.39 is 8.80 Å². The van der Waals surface area contributed by atoms with Crippen molar-refractivity contribution < 1.29 is 8.83 Å². The Morgan fingerprint density at radius 1 is 0.381 bits per heavy atom. The van der Waals surface area contributed by atoms with E-state index in [4.69, 9.17) is 8.83 Å². The van der Waals surface area contributed by atoms with E-state index in [1.54, 1.807) is 0 Å². The molecule has 0 fully saturated rings. The van der Waals surface area contributed by atoms with Gasteiger partial charge < -0.3 is 13.7 Å². The molecule has 1 aliphatic rings. The summed E-state index contributed by atoms with van der Waals surface area (Å²) in [5, 5.41) is 14.2. The van der Waals surface area contributed by atoms with Crippen LogP contribution in [0.1, 0.15) is 0 Å². The van der Waals surface area contributed by atoms with Gasteiger partial charge in [0.05, 0.1) is 0 Å². The van der Waals surface area contributed by atoms with E-state index in [9.17, 15) is 0 Å². The summed E-state index contributed by atoms with van der Waals surface area (Å²) in [6, 6.07) is 75.3. The van der Waals surface area contributed by atoms with Crippen molar-refractivity contribution in [1.82, 2.24) is 0 Å². The van der Waals surface area contributed by atoms with Crippen LogP contribution in [0.5, 0.6) is 0 Å². The van der Waals surface area contributed by atoms with E-state index in [0.29, 0.717) is 0 Å². The minimum atomic E-state index is -1.17. The van der Waals surface area contributed by atoms with E-state index in [1.807, 2.05) is 35.6 Å². The molecule has 3 nitrogen and oxygen atoms in total. The quantitative estimate of drug-likeness (QED) is 0.162. The lowest BCUT2D eigenvalue weighted by atomic mass is 9.92. The first-order valence-corrected chi connectivity index (χ1v) is 23.7. The monoisotopic (exact) mass is 836 g/mol. The summed E-state index contributed by atoms with van der Waals surface area (Å²) in [6.45, 7) is 0. The van der Waals surface area contributed by atoms with Gasteiger partial charge in [-0.05, 0) is 104 Å². The molecule has 63 heavy (non-hydrogen) atoms. The van der Waals surface area contributed by atoms with Crippen molar-refractivity contribution >= 4 is 128 Å². The number of para-hydroxylation sites is 2. The highest BCUT2D eigenvalue weighted by Gasteiger charge is 2.34. The molecule has 0 saturated carbocycles. The zero-order valence-corrected chi connectivity index (χ0v) is 35.6. The Morgan fingerprint density at radius 2 is 0.968 bits per heavy atom. The van der Waals surface area contributed by atoms with Gasteiger partial charge in [-0.25, -0.2) is 0 Å². The third-order valence-corrected chi connectivity index (χ3v) is 17.1. The van der Waals surface area contributed by atoms with Gasteiger partial charge in [-0.3, -0.25) is 0 Å². The Morgan fingerprint density at radius 3 is 1.70 bits per heavy atom. The molecular weight excluding hydrogens is 803 g/mol. The minimum absolute atomic E-state index is 0.856. The molecular formula is C58H34NO2SSi. The molecule has 0 bridgehead atoms. The highest BCUT2D eigenvalue weighted by atomic mass is 32.1. The predicted octanol–water partition coefficient (Wildman–Crippen LogP) is 14.6. The molecule has 0 N–H and O–H groups in total. The molecule has 0 spiro atoms. The number of thiophene rings is 1. The van der Waals surface area contributed by atoms with Gasteiger partial charge in [0.25, 0.3) is 0 Å². The number of nitrogens with zero attached hydrogens (tertiary/aromatic N) is 1. The van der Waals surface area contributed by atoms with Crippen LogP contribution < -0.4 is 20.5 Å². The Kier molecular flexibility index (Phi) is 7.43. The summed E-state index contributed by atoms with van der Waals surface area (Å²) < 4.78 is 15.5. The lowest BCUT2D eigenvalue weighted by molar-refractivity contribution is 0.669. The number of fused-ring (bicyclic) bond motifs is 15. The lowest BCUT2D eigenvalue weighted by Crippen LogP contribution is -2.48. The van der Waals surface area contributed by atoms with Gasteiger partial charge in [0.2, 0.25) is 0 Å². The molecule has 0 aliphatic carbocycles. The molecule has 293 valence electrons. The topological polar surface area (TPSA) is 29.5 Å². The minimum Gasteiger partial charge on any atom is -0.456 e.